The van der Waals surface area contributed by atoms with Crippen LogP contribution in [0.3, 0.4) is 0 Å². The molecule has 2 unspecified atom stereocenters. The zero-order valence-electron chi connectivity index (χ0n) is 5.27. The Morgan fingerprint density at radius 2 is 2.40 bits per heavy atom. The molecule has 1 fully saturated rings. The van der Waals surface area contributed by atoms with E-state index in [1.807, 2.05) is 0 Å². The second kappa shape index (κ2) is 2.30. The Morgan fingerprint density at radius 1 is 1.80 bits per heavy atom. The molecule has 0 saturated carbocycles. The van der Waals surface area contributed by atoms with Crippen molar-refractivity contribution in [3.8, 4) is 0 Å². The predicted molar refractivity (Wildman–Crippen MR) is 33.8 cm³/mol. The minimum atomic E-state index is -2.36. The number of rotatable bonds is 1. The number of halogens is 2. The molecule has 10 heavy (non-hydrogen) atoms. The van der Waals surface area contributed by atoms with E-state index in [1.54, 1.807) is 0 Å². The van der Waals surface area contributed by atoms with Crippen LogP contribution in [-0.2, 0) is 9.47 Å². The highest BCUT2D eigenvalue weighted by Gasteiger charge is 2.49. The second-order valence-electron chi connectivity index (χ2n) is 1.93. The van der Waals surface area contributed by atoms with Gasteiger partial charge in [-0.05, 0) is 0 Å². The lowest BCUT2D eigenvalue weighted by Crippen LogP contribution is -2.30. The fourth-order valence-corrected chi connectivity index (χ4v) is 0.837. The van der Waals surface area contributed by atoms with Crippen molar-refractivity contribution in [1.29, 1.82) is 0 Å². The topological polar surface area (TPSA) is 18.5 Å². The van der Waals surface area contributed by atoms with E-state index in [1.165, 1.54) is 6.92 Å². The number of ether oxygens (including phenoxy) is 2. The van der Waals surface area contributed by atoms with Gasteiger partial charge in [0.2, 0.25) is 0 Å². The van der Waals surface area contributed by atoms with Gasteiger partial charge in [0.1, 0.15) is 0 Å². The van der Waals surface area contributed by atoms with Crippen LogP contribution in [0.15, 0.2) is 0 Å². The van der Waals surface area contributed by atoms with Gasteiger partial charge in [-0.2, -0.15) is 8.78 Å². The molecule has 58 valence electrons. The maximum Gasteiger partial charge on any atom is 0.358 e. The van der Waals surface area contributed by atoms with E-state index < -0.39 is 17.4 Å². The molecule has 0 aromatic carbocycles. The Kier molecular flexibility index (Phi) is 1.76. The molecular weight excluding hydrogens is 162 g/mol. The van der Waals surface area contributed by atoms with E-state index in [4.69, 9.17) is 0 Å². The number of thiocarbonyl (C=S) groups is 1. The maximum absolute atomic E-state index is 12.9. The van der Waals surface area contributed by atoms with Gasteiger partial charge in [0.25, 0.3) is 0 Å². The average molecular weight is 168 g/mol. The van der Waals surface area contributed by atoms with Crippen LogP contribution in [0.5, 0.6) is 0 Å². The van der Waals surface area contributed by atoms with E-state index in [0.717, 1.165) is 0 Å². The molecule has 0 aromatic heterocycles. The van der Waals surface area contributed by atoms with Gasteiger partial charge >= 0.3 is 17.4 Å². The first kappa shape index (κ1) is 7.65. The first-order valence-corrected chi connectivity index (χ1v) is 3.22. The fraction of sp³-hybridized carbons (Fsp3) is 0.800. The monoisotopic (exact) mass is 168 g/mol. The highest BCUT2D eigenvalue weighted by molar-refractivity contribution is 7.79. The summed E-state index contributed by atoms with van der Waals surface area (Å²) in [6.45, 7) is 1.45. The van der Waals surface area contributed by atoms with Crippen LogP contribution in [0, 0.1) is 0 Å². The molecule has 0 aromatic rings. The van der Waals surface area contributed by atoms with Gasteiger partial charge in [0.15, 0.2) is 0 Å². The van der Waals surface area contributed by atoms with Crippen LogP contribution in [0.1, 0.15) is 13.3 Å². The van der Waals surface area contributed by atoms with E-state index in [0.29, 0.717) is 0 Å². The van der Waals surface area contributed by atoms with Gasteiger partial charge in [-0.25, -0.2) is 0 Å². The molecule has 0 aliphatic carbocycles. The third-order valence-corrected chi connectivity index (χ3v) is 1.45. The normalized spacial score (nSPS) is 39.1. The van der Waals surface area contributed by atoms with Gasteiger partial charge in [0.05, 0.1) is 0 Å². The van der Waals surface area contributed by atoms with Crippen LogP contribution in [0.2, 0.25) is 0 Å². The third kappa shape index (κ3) is 1.05. The smallest absolute Gasteiger partial charge is 0.358 e. The van der Waals surface area contributed by atoms with Gasteiger partial charge in [-0.15, -0.1) is 0 Å². The second-order valence-corrected chi connectivity index (χ2v) is 2.26. The summed E-state index contributed by atoms with van der Waals surface area (Å²) in [5.74, 6) is -2.36. The maximum atomic E-state index is 12.9. The van der Waals surface area contributed by atoms with Crippen LogP contribution in [0.4, 0.5) is 8.78 Å². The van der Waals surface area contributed by atoms with E-state index >= 15 is 0 Å². The lowest BCUT2D eigenvalue weighted by molar-refractivity contribution is -0.138. The standard InChI is InChI=1S/C5H6F2O2S/c1-2-5(7)3(6)8-4(10)9-5/h3H,2H2,1H3. The molecule has 1 aliphatic rings. The van der Waals surface area contributed by atoms with E-state index in [-0.39, 0.29) is 6.42 Å². The van der Waals surface area contributed by atoms with Crippen molar-refractivity contribution in [3.05, 3.63) is 0 Å². The summed E-state index contributed by atoms with van der Waals surface area (Å²) in [6.07, 6.45) is -2.20. The summed E-state index contributed by atoms with van der Waals surface area (Å²) in [5, 5.41) is -0.461. The summed E-state index contributed by atoms with van der Waals surface area (Å²) in [4.78, 5) is 0. The van der Waals surface area contributed by atoms with E-state index in [9.17, 15) is 8.78 Å². The van der Waals surface area contributed by atoms with Crippen LogP contribution < -0.4 is 0 Å². The quantitative estimate of drug-likeness (QED) is 0.555. The van der Waals surface area contributed by atoms with Crippen molar-refractivity contribution in [1.82, 2.24) is 0 Å². The van der Waals surface area contributed by atoms with Crippen LogP contribution in [0.25, 0.3) is 0 Å². The summed E-state index contributed by atoms with van der Waals surface area (Å²) in [5.41, 5.74) is 0. The van der Waals surface area contributed by atoms with Crippen molar-refractivity contribution in [2.75, 3.05) is 0 Å². The summed E-state index contributed by atoms with van der Waals surface area (Å²) in [6, 6.07) is 0. The zero-order chi connectivity index (χ0) is 7.78. The summed E-state index contributed by atoms with van der Waals surface area (Å²) in [7, 11) is 0. The highest BCUT2D eigenvalue weighted by atomic mass is 32.1. The SMILES string of the molecule is CCC1(F)OC(=S)OC1F. The minimum Gasteiger partial charge on any atom is -0.415 e. The van der Waals surface area contributed by atoms with Gasteiger partial charge in [-0.3, -0.25) is 0 Å². The summed E-state index contributed by atoms with van der Waals surface area (Å²) < 4.78 is 33.7. The molecule has 0 radical (unpaired) electrons. The van der Waals surface area contributed by atoms with Gasteiger partial charge in [0, 0.05) is 18.6 Å². The lowest BCUT2D eigenvalue weighted by atomic mass is 10.2. The molecule has 0 amide bonds. The van der Waals surface area contributed by atoms with Gasteiger partial charge < -0.3 is 9.47 Å². The van der Waals surface area contributed by atoms with E-state index in [2.05, 4.69) is 21.7 Å². The fourth-order valence-electron chi connectivity index (χ4n) is 0.614. The molecule has 1 heterocycles. The van der Waals surface area contributed by atoms with Crippen LogP contribution in [-0.4, -0.2) is 17.4 Å². The Bertz CT molecular complexity index is 164. The molecule has 1 rings (SSSR count). The zero-order valence-corrected chi connectivity index (χ0v) is 6.08. The molecule has 5 heteroatoms. The van der Waals surface area contributed by atoms with Crippen molar-refractivity contribution in [2.45, 2.75) is 25.6 Å². The lowest BCUT2D eigenvalue weighted by Gasteiger charge is -2.14. The predicted octanol–water partition coefficient (Wildman–Crippen LogP) is 1.69. The Hall–Kier alpha value is -0.450. The molecule has 1 saturated heterocycles. The minimum absolute atomic E-state index is 0.117. The first-order valence-electron chi connectivity index (χ1n) is 2.81. The van der Waals surface area contributed by atoms with Crippen molar-refractivity contribution >= 4 is 17.5 Å². The van der Waals surface area contributed by atoms with Gasteiger partial charge in [-0.1, -0.05) is 6.92 Å². The molecule has 0 spiro atoms. The molecule has 0 N–H and O–H groups in total. The third-order valence-electron chi connectivity index (χ3n) is 1.27. The van der Waals surface area contributed by atoms with Crippen LogP contribution >= 0.6 is 12.2 Å². The summed E-state index contributed by atoms with van der Waals surface area (Å²) >= 11 is 4.29. The van der Waals surface area contributed by atoms with Crippen molar-refractivity contribution in [2.24, 2.45) is 0 Å². The Labute approximate surface area is 62.1 Å². The molecule has 0 bridgehead atoms. The average Bonchev–Trinajstić information content (AvgIpc) is 2.09. The first-order chi connectivity index (χ1) is 4.58. The number of hydrogen-bond acceptors (Lipinski definition) is 3. The van der Waals surface area contributed by atoms with Crippen molar-refractivity contribution in [3.63, 3.8) is 0 Å². The number of alkyl halides is 2. The number of hydrogen-bond donors (Lipinski definition) is 0. The highest BCUT2D eigenvalue weighted by Crippen LogP contribution is 2.32. The Morgan fingerprint density at radius 3 is 2.60 bits per heavy atom. The Balaban J connectivity index is 2.70. The molecule has 2 nitrogen and oxygen atoms in total. The molecule has 1 aliphatic heterocycles. The molecule has 2 atom stereocenters. The largest absolute Gasteiger partial charge is 0.415 e. The molecular formula is C5H6F2O2S. The van der Waals surface area contributed by atoms with Crippen molar-refractivity contribution < 1.29 is 18.3 Å².